The van der Waals surface area contributed by atoms with Gasteiger partial charge in [0.05, 0.1) is 34.8 Å². The van der Waals surface area contributed by atoms with Gasteiger partial charge in [0.25, 0.3) is 5.91 Å². The molecular formula is C22H22BrClFN5O6. The Balaban J connectivity index is 1.62. The highest BCUT2D eigenvalue weighted by Gasteiger charge is 2.19. The summed E-state index contributed by atoms with van der Waals surface area (Å²) in [6, 6.07) is 5.31. The Hall–Kier alpha value is -3.58. The fourth-order valence-electron chi connectivity index (χ4n) is 3.20. The number of carbonyl (C=O) groups is 3. The third-order valence-corrected chi connectivity index (χ3v) is 6.00. The van der Waals surface area contributed by atoms with Crippen molar-refractivity contribution in [2.45, 2.75) is 19.0 Å². The third kappa shape index (κ3) is 7.21. The van der Waals surface area contributed by atoms with E-state index in [1.807, 2.05) is 0 Å². The molecule has 0 radical (unpaired) electrons. The number of phenols is 2. The van der Waals surface area contributed by atoms with Gasteiger partial charge in [-0.05, 0) is 46.1 Å². The van der Waals surface area contributed by atoms with Crippen molar-refractivity contribution in [3.8, 4) is 11.5 Å². The van der Waals surface area contributed by atoms with Gasteiger partial charge in [-0.1, -0.05) is 11.6 Å². The number of nitrogens with zero attached hydrogens (tertiary/aromatic N) is 1. The number of rotatable bonds is 8. The van der Waals surface area contributed by atoms with Gasteiger partial charge in [0.2, 0.25) is 5.91 Å². The van der Waals surface area contributed by atoms with E-state index in [1.165, 1.54) is 24.3 Å². The second-order valence-corrected chi connectivity index (χ2v) is 8.94. The van der Waals surface area contributed by atoms with Crippen LogP contribution in [0.2, 0.25) is 5.02 Å². The van der Waals surface area contributed by atoms with Crippen LogP contribution >= 0.6 is 27.5 Å². The molecule has 1 atom stereocenters. The van der Waals surface area contributed by atoms with E-state index in [-0.39, 0.29) is 63.7 Å². The molecule has 2 aromatic carbocycles. The summed E-state index contributed by atoms with van der Waals surface area (Å²) in [5, 5.41) is 39.6. The number of nitrogens with one attached hydrogen (secondary N) is 4. The molecule has 1 aliphatic heterocycles. The van der Waals surface area contributed by atoms with Crippen molar-refractivity contribution in [1.29, 1.82) is 0 Å². The monoisotopic (exact) mass is 585 g/mol. The van der Waals surface area contributed by atoms with Crippen molar-refractivity contribution >= 4 is 62.6 Å². The summed E-state index contributed by atoms with van der Waals surface area (Å²) in [4.78, 5) is 39.7. The molecule has 11 nitrogen and oxygen atoms in total. The molecule has 2 amide bonds. The topological polar surface area (TPSA) is 172 Å². The number of hydrogen-bond donors (Lipinski definition) is 7. The second kappa shape index (κ2) is 11.9. The standard InChI is InChI=1S/C22H22BrClFN5O6/c23-18-19(15(24)5-10(20(18)35)1-2-17(33)34)30-16(32)9-26-21(36)11-3-13(6-14(31)4-11)29-22-27-7-12(25)8-28-22/h3-6,12,31,35H,1-2,7-9H2,(H,26,36)(H,30,32)(H,33,34)(H2,27,28,29). The minimum Gasteiger partial charge on any atom is -0.508 e. The molecule has 1 aliphatic rings. The van der Waals surface area contributed by atoms with E-state index in [2.05, 4.69) is 42.2 Å². The summed E-state index contributed by atoms with van der Waals surface area (Å²) in [6.07, 6.45) is -1.28. The molecule has 3 rings (SSSR count). The predicted molar refractivity (Wildman–Crippen MR) is 135 cm³/mol. The Kier molecular flexibility index (Phi) is 8.93. The highest BCUT2D eigenvalue weighted by atomic mass is 79.9. The maximum Gasteiger partial charge on any atom is 0.303 e. The summed E-state index contributed by atoms with van der Waals surface area (Å²) in [6.45, 7) is -0.399. The number of guanidine groups is 1. The maximum atomic E-state index is 13.2. The highest BCUT2D eigenvalue weighted by Crippen LogP contribution is 2.40. The van der Waals surface area contributed by atoms with Crippen molar-refractivity contribution in [3.63, 3.8) is 0 Å². The molecule has 0 aliphatic carbocycles. The molecule has 36 heavy (non-hydrogen) atoms. The SMILES string of the molecule is O=C(O)CCc1cc(Cl)c(NC(=O)CNC(=O)c2cc(O)cc(NC3=NCC(F)CN3)c2)c(Br)c1O. The lowest BCUT2D eigenvalue weighted by Crippen LogP contribution is -2.41. The van der Waals surface area contributed by atoms with E-state index in [0.29, 0.717) is 11.6 Å². The van der Waals surface area contributed by atoms with Gasteiger partial charge >= 0.3 is 5.97 Å². The number of anilines is 2. The van der Waals surface area contributed by atoms with Gasteiger partial charge in [0.1, 0.15) is 17.7 Å². The van der Waals surface area contributed by atoms with Crippen molar-refractivity contribution in [3.05, 3.63) is 44.9 Å². The molecule has 0 saturated carbocycles. The number of amides is 2. The molecule has 1 unspecified atom stereocenters. The number of aliphatic carboxylic acids is 1. The molecule has 0 spiro atoms. The lowest BCUT2D eigenvalue weighted by molar-refractivity contribution is -0.137. The first-order valence-corrected chi connectivity index (χ1v) is 11.7. The van der Waals surface area contributed by atoms with Crippen LogP contribution in [0.3, 0.4) is 0 Å². The Morgan fingerprint density at radius 2 is 1.97 bits per heavy atom. The lowest BCUT2D eigenvalue weighted by Gasteiger charge is -2.19. The number of aromatic hydroxyl groups is 2. The molecule has 0 aromatic heterocycles. The first-order chi connectivity index (χ1) is 17.0. The largest absolute Gasteiger partial charge is 0.508 e. The number of carbonyl (C=O) groups excluding carboxylic acids is 2. The van der Waals surface area contributed by atoms with Gasteiger partial charge in [0, 0.05) is 23.7 Å². The zero-order valence-electron chi connectivity index (χ0n) is 18.6. The minimum atomic E-state index is -1.10. The number of alkyl halides is 1. The normalized spacial score (nSPS) is 14.9. The number of aliphatic imine (C=N–C) groups is 1. The summed E-state index contributed by atoms with van der Waals surface area (Å²) >= 11 is 9.33. The van der Waals surface area contributed by atoms with Gasteiger partial charge in [0.15, 0.2) is 5.96 Å². The molecule has 14 heteroatoms. The Morgan fingerprint density at radius 1 is 1.22 bits per heavy atom. The average molecular weight is 587 g/mol. The molecular weight excluding hydrogens is 565 g/mol. The van der Waals surface area contributed by atoms with Gasteiger partial charge in [-0.25, -0.2) is 9.38 Å². The van der Waals surface area contributed by atoms with E-state index in [4.69, 9.17) is 16.7 Å². The lowest BCUT2D eigenvalue weighted by atomic mass is 10.1. The Labute approximate surface area is 217 Å². The fraction of sp³-hybridized carbons (Fsp3) is 0.273. The first kappa shape index (κ1) is 27.0. The van der Waals surface area contributed by atoms with Crippen molar-refractivity contribution < 1.29 is 34.1 Å². The van der Waals surface area contributed by atoms with Gasteiger partial charge in [-0.3, -0.25) is 14.4 Å². The molecule has 0 fully saturated rings. The number of hydrogen-bond acceptors (Lipinski definition) is 8. The molecule has 0 saturated heterocycles. The van der Waals surface area contributed by atoms with Gasteiger partial charge in [-0.2, -0.15) is 0 Å². The maximum absolute atomic E-state index is 13.2. The van der Waals surface area contributed by atoms with Crippen LogP contribution in [0.5, 0.6) is 11.5 Å². The third-order valence-electron chi connectivity index (χ3n) is 4.93. The smallest absolute Gasteiger partial charge is 0.303 e. The van der Waals surface area contributed by atoms with Crippen LogP contribution < -0.4 is 21.3 Å². The predicted octanol–water partition coefficient (Wildman–Crippen LogP) is 2.61. The van der Waals surface area contributed by atoms with Crippen molar-refractivity contribution in [2.75, 3.05) is 30.3 Å². The number of halogens is 3. The highest BCUT2D eigenvalue weighted by molar-refractivity contribution is 9.10. The van der Waals surface area contributed by atoms with E-state index < -0.39 is 30.5 Å². The molecule has 1 heterocycles. The van der Waals surface area contributed by atoms with Crippen LogP contribution in [0.15, 0.2) is 33.7 Å². The van der Waals surface area contributed by atoms with E-state index >= 15 is 0 Å². The molecule has 192 valence electrons. The average Bonchev–Trinajstić information content (AvgIpc) is 2.82. The summed E-state index contributed by atoms with van der Waals surface area (Å²) in [5.74, 6) is -2.56. The minimum absolute atomic E-state index is 0.0143. The summed E-state index contributed by atoms with van der Waals surface area (Å²) in [5.41, 5.74) is 0.701. The van der Waals surface area contributed by atoms with Crippen LogP contribution in [-0.2, 0) is 16.0 Å². The number of phenolic OH excluding ortho intramolecular Hbond substituents is 2. The van der Waals surface area contributed by atoms with Crippen molar-refractivity contribution in [2.24, 2.45) is 4.99 Å². The summed E-state index contributed by atoms with van der Waals surface area (Å²) in [7, 11) is 0. The fourth-order valence-corrected chi connectivity index (χ4v) is 4.16. The van der Waals surface area contributed by atoms with Gasteiger partial charge in [-0.15, -0.1) is 0 Å². The van der Waals surface area contributed by atoms with Crippen LogP contribution in [0.25, 0.3) is 0 Å². The summed E-state index contributed by atoms with van der Waals surface area (Å²) < 4.78 is 13.3. The van der Waals surface area contributed by atoms with Crippen molar-refractivity contribution in [1.82, 2.24) is 10.6 Å². The number of benzene rings is 2. The van der Waals surface area contributed by atoms with Crippen LogP contribution in [-0.4, -0.2) is 64.9 Å². The molecule has 2 aromatic rings. The van der Waals surface area contributed by atoms with E-state index in [9.17, 15) is 29.0 Å². The number of carboxylic acids is 1. The van der Waals surface area contributed by atoms with E-state index in [0.717, 1.165) is 0 Å². The van der Waals surface area contributed by atoms with Crippen LogP contribution in [0, 0.1) is 0 Å². The van der Waals surface area contributed by atoms with Crippen LogP contribution in [0.1, 0.15) is 22.3 Å². The van der Waals surface area contributed by atoms with Crippen LogP contribution in [0.4, 0.5) is 15.8 Å². The quantitative estimate of drug-likeness (QED) is 0.247. The number of aryl methyl sites for hydroxylation is 1. The Morgan fingerprint density at radius 3 is 2.64 bits per heavy atom. The second-order valence-electron chi connectivity index (χ2n) is 7.74. The molecule has 0 bridgehead atoms. The molecule has 7 N–H and O–H groups in total. The van der Waals surface area contributed by atoms with Gasteiger partial charge < -0.3 is 36.6 Å². The van der Waals surface area contributed by atoms with E-state index in [1.54, 1.807) is 0 Å². The first-order valence-electron chi connectivity index (χ1n) is 10.6. The zero-order valence-corrected chi connectivity index (χ0v) is 20.9. The number of carboxylic acid groups (broad SMARTS) is 1. The Bertz CT molecular complexity index is 1230. The zero-order chi connectivity index (χ0) is 26.4.